The summed E-state index contributed by atoms with van der Waals surface area (Å²) in [7, 11) is 0. The molecule has 0 amide bonds. The highest BCUT2D eigenvalue weighted by Gasteiger charge is 2.27. The molecule has 1 saturated carbocycles. The molecule has 0 bridgehead atoms. The van der Waals surface area contributed by atoms with E-state index in [1.807, 2.05) is 0 Å². The van der Waals surface area contributed by atoms with Crippen LogP contribution in [0.15, 0.2) is 95.2 Å². The van der Waals surface area contributed by atoms with Crippen molar-refractivity contribution in [3.63, 3.8) is 0 Å². The predicted molar refractivity (Wildman–Crippen MR) is 142 cm³/mol. The van der Waals surface area contributed by atoms with Crippen molar-refractivity contribution < 1.29 is 0 Å². The summed E-state index contributed by atoms with van der Waals surface area (Å²) in [6, 6.07) is 9.64. The van der Waals surface area contributed by atoms with Gasteiger partial charge in [0.05, 0.1) is 0 Å². The van der Waals surface area contributed by atoms with Gasteiger partial charge >= 0.3 is 0 Å². The fourth-order valence-corrected chi connectivity index (χ4v) is 6.19. The van der Waals surface area contributed by atoms with Gasteiger partial charge in [0.2, 0.25) is 0 Å². The van der Waals surface area contributed by atoms with E-state index in [1.54, 1.807) is 5.56 Å². The highest BCUT2D eigenvalue weighted by atomic mass is 14.3. The Balaban J connectivity index is 1.22. The first-order valence-electron chi connectivity index (χ1n) is 13.4. The molecule has 1 aromatic carbocycles. The van der Waals surface area contributed by atoms with E-state index in [9.17, 15) is 0 Å². The number of rotatable bonds is 7. The van der Waals surface area contributed by atoms with Gasteiger partial charge < -0.3 is 0 Å². The molecule has 0 aliphatic heterocycles. The largest absolute Gasteiger partial charge is 0.0836 e. The molecule has 0 radical (unpaired) electrons. The number of benzene rings is 1. The molecule has 1 aromatic rings. The molecule has 0 N–H and O–H groups in total. The van der Waals surface area contributed by atoms with E-state index in [0.29, 0.717) is 5.92 Å². The van der Waals surface area contributed by atoms with Crippen molar-refractivity contribution in [2.45, 2.75) is 77.6 Å². The van der Waals surface area contributed by atoms with Crippen LogP contribution in [0.2, 0.25) is 0 Å². The van der Waals surface area contributed by atoms with E-state index in [4.69, 9.17) is 0 Å². The van der Waals surface area contributed by atoms with Gasteiger partial charge in [-0.15, -0.1) is 0 Å². The van der Waals surface area contributed by atoms with Gasteiger partial charge in [0, 0.05) is 5.92 Å². The van der Waals surface area contributed by atoms with Crippen LogP contribution in [-0.2, 0) is 6.42 Å². The maximum Gasteiger partial charge on any atom is 0.0281 e. The molecule has 0 saturated heterocycles. The fraction of sp³-hybridized carbons (Fsp3) is 0.455. The zero-order valence-corrected chi connectivity index (χ0v) is 20.6. The maximum absolute atomic E-state index is 2.43. The van der Waals surface area contributed by atoms with Crippen LogP contribution in [0.25, 0.3) is 0 Å². The maximum atomic E-state index is 2.43. The molecule has 172 valence electrons. The summed E-state index contributed by atoms with van der Waals surface area (Å²) in [5, 5.41) is 0. The zero-order chi connectivity index (χ0) is 22.6. The third-order valence-corrected chi connectivity index (χ3v) is 8.26. The summed E-state index contributed by atoms with van der Waals surface area (Å²) in [6.07, 6.45) is 30.6. The topological polar surface area (TPSA) is 0 Å². The van der Waals surface area contributed by atoms with Crippen LogP contribution < -0.4 is 0 Å². The van der Waals surface area contributed by atoms with Gasteiger partial charge in [-0.3, -0.25) is 0 Å². The molecule has 0 nitrogen and oxygen atoms in total. The van der Waals surface area contributed by atoms with Crippen LogP contribution >= 0.6 is 0 Å². The SMILES string of the molecule is CC(C)CCC1CCC(c2ccc(CC3=CC=C(C4=CCCC=C4)C4C=CC=C34)cc2)CC1. The molecule has 0 spiro atoms. The number of hydrogen-bond donors (Lipinski definition) is 0. The summed E-state index contributed by atoms with van der Waals surface area (Å²) >= 11 is 0. The lowest BCUT2D eigenvalue weighted by atomic mass is 9.76. The molecular formula is C33H40. The Kier molecular flexibility index (Phi) is 7.00. The van der Waals surface area contributed by atoms with Gasteiger partial charge in [-0.05, 0) is 96.1 Å². The minimum absolute atomic E-state index is 0.434. The monoisotopic (exact) mass is 436 g/mol. The van der Waals surface area contributed by atoms with Crippen molar-refractivity contribution in [1.29, 1.82) is 0 Å². The lowest BCUT2D eigenvalue weighted by Crippen LogP contribution is -2.14. The quantitative estimate of drug-likeness (QED) is 0.399. The van der Waals surface area contributed by atoms with E-state index < -0.39 is 0 Å². The molecule has 1 atom stereocenters. The Hall–Kier alpha value is -2.34. The van der Waals surface area contributed by atoms with Crippen molar-refractivity contribution in [2.24, 2.45) is 17.8 Å². The number of fused-ring (bicyclic) bond motifs is 1. The lowest BCUT2D eigenvalue weighted by Gasteiger charge is -2.29. The fourth-order valence-electron chi connectivity index (χ4n) is 6.19. The van der Waals surface area contributed by atoms with Crippen molar-refractivity contribution in [1.82, 2.24) is 0 Å². The molecule has 1 fully saturated rings. The molecular weight excluding hydrogens is 396 g/mol. The second kappa shape index (κ2) is 10.3. The Morgan fingerprint density at radius 1 is 0.879 bits per heavy atom. The minimum Gasteiger partial charge on any atom is -0.0836 e. The van der Waals surface area contributed by atoms with Gasteiger partial charge in [0.15, 0.2) is 0 Å². The molecule has 5 rings (SSSR count). The molecule has 0 heterocycles. The third kappa shape index (κ3) is 5.26. The normalized spacial score (nSPS) is 26.6. The Labute approximate surface area is 201 Å². The molecule has 33 heavy (non-hydrogen) atoms. The minimum atomic E-state index is 0.434. The highest BCUT2D eigenvalue weighted by Crippen LogP contribution is 2.41. The van der Waals surface area contributed by atoms with Gasteiger partial charge in [-0.25, -0.2) is 0 Å². The van der Waals surface area contributed by atoms with Gasteiger partial charge in [0.25, 0.3) is 0 Å². The first-order chi connectivity index (χ1) is 16.2. The van der Waals surface area contributed by atoms with Crippen LogP contribution in [0, 0.1) is 17.8 Å². The Morgan fingerprint density at radius 2 is 1.70 bits per heavy atom. The molecule has 0 aromatic heterocycles. The van der Waals surface area contributed by atoms with Crippen molar-refractivity contribution in [3.8, 4) is 0 Å². The summed E-state index contributed by atoms with van der Waals surface area (Å²) < 4.78 is 0. The second-order valence-electron chi connectivity index (χ2n) is 11.0. The number of hydrogen-bond acceptors (Lipinski definition) is 0. The first-order valence-corrected chi connectivity index (χ1v) is 13.4. The van der Waals surface area contributed by atoms with E-state index in [-0.39, 0.29) is 0 Å². The molecule has 4 aliphatic carbocycles. The summed E-state index contributed by atoms with van der Waals surface area (Å²) in [5.74, 6) is 3.03. The van der Waals surface area contributed by atoms with Crippen molar-refractivity contribution in [3.05, 3.63) is 106 Å². The number of allylic oxidation sites excluding steroid dienone is 12. The van der Waals surface area contributed by atoms with Gasteiger partial charge in [-0.1, -0.05) is 99.6 Å². The van der Waals surface area contributed by atoms with Crippen LogP contribution in [0.5, 0.6) is 0 Å². The van der Waals surface area contributed by atoms with E-state index >= 15 is 0 Å². The van der Waals surface area contributed by atoms with Crippen LogP contribution in [0.4, 0.5) is 0 Å². The molecule has 4 aliphatic rings. The smallest absolute Gasteiger partial charge is 0.0281 e. The van der Waals surface area contributed by atoms with Crippen LogP contribution in [0.3, 0.4) is 0 Å². The summed E-state index contributed by atoms with van der Waals surface area (Å²) in [5.41, 5.74) is 8.87. The predicted octanol–water partition coefficient (Wildman–Crippen LogP) is 9.19. The van der Waals surface area contributed by atoms with E-state index in [2.05, 4.69) is 86.7 Å². The first kappa shape index (κ1) is 22.5. The second-order valence-corrected chi connectivity index (χ2v) is 11.0. The standard InChI is InChI=1S/C33H40/c1-24(2)11-12-25-13-17-27(18-14-25)28-19-15-26(16-20-28)23-30-21-22-32(29-7-4-3-5-8-29)33-10-6-9-31(30)33/h4,6-10,15-16,19-22,24-25,27,33H,3,5,11-14,17-18,23H2,1-2H3. The van der Waals surface area contributed by atoms with Crippen molar-refractivity contribution in [2.75, 3.05) is 0 Å². The molecule has 1 unspecified atom stereocenters. The van der Waals surface area contributed by atoms with E-state index in [0.717, 1.165) is 24.2 Å². The zero-order valence-electron chi connectivity index (χ0n) is 20.6. The summed E-state index contributed by atoms with van der Waals surface area (Å²) in [6.45, 7) is 4.72. The average Bonchev–Trinajstić information content (AvgIpc) is 3.35. The summed E-state index contributed by atoms with van der Waals surface area (Å²) in [4.78, 5) is 0. The average molecular weight is 437 g/mol. The van der Waals surface area contributed by atoms with E-state index in [1.165, 1.54) is 79.2 Å². The third-order valence-electron chi connectivity index (χ3n) is 8.26. The molecule has 0 heteroatoms. The van der Waals surface area contributed by atoms with Gasteiger partial charge in [-0.2, -0.15) is 0 Å². The lowest BCUT2D eigenvalue weighted by molar-refractivity contribution is 0.293. The van der Waals surface area contributed by atoms with Crippen LogP contribution in [0.1, 0.15) is 82.3 Å². The van der Waals surface area contributed by atoms with Gasteiger partial charge in [0.1, 0.15) is 0 Å². The van der Waals surface area contributed by atoms with Crippen LogP contribution in [-0.4, -0.2) is 0 Å². The van der Waals surface area contributed by atoms with Crippen molar-refractivity contribution >= 4 is 0 Å². The Morgan fingerprint density at radius 3 is 2.42 bits per heavy atom. The Bertz CT molecular complexity index is 1010. The highest BCUT2D eigenvalue weighted by molar-refractivity contribution is 5.60.